The first-order chi connectivity index (χ1) is 18.7. The lowest BCUT2D eigenvalue weighted by atomic mass is 9.58. The van der Waals surface area contributed by atoms with E-state index in [0.717, 1.165) is 47.8 Å². The van der Waals surface area contributed by atoms with Gasteiger partial charge in [-0.15, -0.1) is 6.58 Å². The molecule has 8 unspecified atom stereocenters. The predicted molar refractivity (Wildman–Crippen MR) is 180 cm³/mol. The van der Waals surface area contributed by atoms with Crippen LogP contribution in [0.1, 0.15) is 178 Å². The second-order valence-corrected chi connectivity index (χ2v) is 18.0. The summed E-state index contributed by atoms with van der Waals surface area (Å²) in [6, 6.07) is 0. The molecule has 3 fully saturated rings. The van der Waals surface area contributed by atoms with E-state index in [0.29, 0.717) is 21.7 Å². The van der Waals surface area contributed by atoms with E-state index in [1.165, 1.54) is 89.9 Å². The van der Waals surface area contributed by atoms with Gasteiger partial charge >= 0.3 is 0 Å². The van der Waals surface area contributed by atoms with Gasteiger partial charge in [-0.3, -0.25) is 0 Å². The van der Waals surface area contributed by atoms with E-state index in [-0.39, 0.29) is 0 Å². The van der Waals surface area contributed by atoms with Crippen molar-refractivity contribution in [2.75, 3.05) is 0 Å². The van der Waals surface area contributed by atoms with Crippen LogP contribution < -0.4 is 0 Å². The van der Waals surface area contributed by atoms with Gasteiger partial charge in [-0.1, -0.05) is 140 Å². The van der Waals surface area contributed by atoms with Crippen molar-refractivity contribution in [2.45, 2.75) is 178 Å². The van der Waals surface area contributed by atoms with Crippen LogP contribution in [0.3, 0.4) is 0 Å². The van der Waals surface area contributed by atoms with E-state index >= 15 is 0 Å². The molecule has 0 bridgehead atoms. The average Bonchev–Trinajstić information content (AvgIpc) is 3.51. The Kier molecular flexibility index (Phi) is 12.0. The van der Waals surface area contributed by atoms with Crippen molar-refractivity contribution in [2.24, 2.45) is 63.1 Å². The summed E-state index contributed by atoms with van der Waals surface area (Å²) in [6.45, 7) is 29.4. The van der Waals surface area contributed by atoms with E-state index in [9.17, 15) is 0 Å². The maximum absolute atomic E-state index is 3.98. The molecule has 8 atom stereocenters. The molecule has 0 aromatic rings. The van der Waals surface area contributed by atoms with Gasteiger partial charge in [0.15, 0.2) is 0 Å². The highest BCUT2D eigenvalue weighted by Crippen LogP contribution is 2.78. The van der Waals surface area contributed by atoms with Crippen LogP contribution in [0, 0.1) is 63.1 Å². The maximum Gasteiger partial charge on any atom is -0.0225 e. The second kappa shape index (κ2) is 14.0. The first kappa shape index (κ1) is 34.2. The minimum atomic E-state index is 0.434. The van der Waals surface area contributed by atoms with Crippen LogP contribution in [0.2, 0.25) is 0 Å². The lowest BCUT2D eigenvalue weighted by molar-refractivity contribution is 0.0226. The fraction of sp³-hybridized carbons (Fsp3) is 0.950. The Morgan fingerprint density at radius 2 is 1.62 bits per heavy atom. The highest BCUT2D eigenvalue weighted by molar-refractivity contribution is 5.19. The van der Waals surface area contributed by atoms with Crippen LogP contribution in [0.4, 0.5) is 0 Å². The Bertz CT molecular complexity index is 771. The van der Waals surface area contributed by atoms with Gasteiger partial charge < -0.3 is 0 Å². The highest BCUT2D eigenvalue weighted by Gasteiger charge is 2.70. The molecule has 0 saturated heterocycles. The van der Waals surface area contributed by atoms with E-state index in [1.54, 1.807) is 12.8 Å². The van der Waals surface area contributed by atoms with Gasteiger partial charge in [0.2, 0.25) is 0 Å². The Morgan fingerprint density at radius 3 is 2.20 bits per heavy atom. The molecule has 3 aliphatic carbocycles. The van der Waals surface area contributed by atoms with E-state index < -0.39 is 0 Å². The van der Waals surface area contributed by atoms with E-state index in [2.05, 4.69) is 81.9 Å². The molecular formula is C40H74. The molecule has 0 amide bonds. The fourth-order valence-corrected chi connectivity index (χ4v) is 10.4. The third-order valence-electron chi connectivity index (χ3n) is 13.5. The first-order valence-corrected chi connectivity index (χ1v) is 18.3. The van der Waals surface area contributed by atoms with Crippen molar-refractivity contribution < 1.29 is 0 Å². The monoisotopic (exact) mass is 555 g/mol. The van der Waals surface area contributed by atoms with Gasteiger partial charge in [-0.2, -0.15) is 0 Å². The zero-order valence-corrected chi connectivity index (χ0v) is 29.3. The fourth-order valence-electron chi connectivity index (χ4n) is 10.4. The van der Waals surface area contributed by atoms with Crippen molar-refractivity contribution in [1.82, 2.24) is 0 Å². The number of rotatable bonds is 19. The molecule has 0 N–H and O–H groups in total. The second-order valence-electron chi connectivity index (χ2n) is 18.0. The zero-order valence-electron chi connectivity index (χ0n) is 29.3. The van der Waals surface area contributed by atoms with Crippen LogP contribution in [-0.2, 0) is 0 Å². The number of allylic oxidation sites excluding steroid dienone is 1. The summed E-state index contributed by atoms with van der Waals surface area (Å²) >= 11 is 0. The summed E-state index contributed by atoms with van der Waals surface area (Å²) < 4.78 is 0. The van der Waals surface area contributed by atoms with Crippen molar-refractivity contribution in [1.29, 1.82) is 0 Å². The summed E-state index contributed by atoms with van der Waals surface area (Å²) in [4.78, 5) is 0. The molecule has 40 heavy (non-hydrogen) atoms. The van der Waals surface area contributed by atoms with Gasteiger partial charge in [0.1, 0.15) is 0 Å². The average molecular weight is 555 g/mol. The molecule has 0 aromatic carbocycles. The van der Waals surface area contributed by atoms with Crippen LogP contribution in [0.15, 0.2) is 12.7 Å². The minimum absolute atomic E-state index is 0.434. The van der Waals surface area contributed by atoms with Crippen molar-refractivity contribution in [3.63, 3.8) is 0 Å². The van der Waals surface area contributed by atoms with Crippen molar-refractivity contribution in [3.05, 3.63) is 12.7 Å². The molecule has 3 saturated carbocycles. The van der Waals surface area contributed by atoms with Gasteiger partial charge in [-0.25, -0.2) is 0 Å². The highest BCUT2D eigenvalue weighted by atomic mass is 14.7. The molecule has 0 aromatic heterocycles. The lowest BCUT2D eigenvalue weighted by Gasteiger charge is -2.47. The quantitative estimate of drug-likeness (QED) is 0.110. The van der Waals surface area contributed by atoms with Gasteiger partial charge in [0.05, 0.1) is 0 Å². The minimum Gasteiger partial charge on any atom is -0.103 e. The molecule has 0 radical (unpaired) electrons. The van der Waals surface area contributed by atoms with Crippen molar-refractivity contribution in [3.8, 4) is 0 Å². The maximum atomic E-state index is 3.98. The largest absolute Gasteiger partial charge is 0.103 e. The lowest BCUT2D eigenvalue weighted by Crippen LogP contribution is -2.39. The molecule has 1 spiro atoms. The summed E-state index contributed by atoms with van der Waals surface area (Å²) in [6.07, 6.45) is 26.6. The SMILES string of the molecule is C=CCC(C)(C)CCCCC(C)C1CC12CC(C)C(C)(CCC(C)CC(C)(CC)CCCC(C)C)C2C1CCC1. The summed E-state index contributed by atoms with van der Waals surface area (Å²) in [5, 5.41) is 0. The third-order valence-corrected chi connectivity index (χ3v) is 13.5. The van der Waals surface area contributed by atoms with Crippen LogP contribution in [0.25, 0.3) is 0 Å². The molecular weight excluding hydrogens is 480 g/mol. The van der Waals surface area contributed by atoms with E-state index in [4.69, 9.17) is 0 Å². The van der Waals surface area contributed by atoms with Gasteiger partial charge in [0.25, 0.3) is 0 Å². The third kappa shape index (κ3) is 8.22. The van der Waals surface area contributed by atoms with Crippen molar-refractivity contribution >= 4 is 0 Å². The van der Waals surface area contributed by atoms with Crippen LogP contribution >= 0.6 is 0 Å². The molecule has 3 rings (SSSR count). The summed E-state index contributed by atoms with van der Waals surface area (Å²) in [5.41, 5.74) is 2.26. The van der Waals surface area contributed by atoms with Gasteiger partial charge in [-0.05, 0) is 108 Å². The molecule has 0 nitrogen and oxygen atoms in total. The number of hydrogen-bond acceptors (Lipinski definition) is 0. The van der Waals surface area contributed by atoms with Crippen LogP contribution in [-0.4, -0.2) is 0 Å². The summed E-state index contributed by atoms with van der Waals surface area (Å²) in [7, 11) is 0. The Morgan fingerprint density at radius 1 is 0.925 bits per heavy atom. The molecule has 234 valence electrons. The normalized spacial score (nSPS) is 33.6. The first-order valence-electron chi connectivity index (χ1n) is 18.3. The molecule has 0 heteroatoms. The standard InChI is InChI=1S/C40H74/c1-12-23-37(8,9)24-15-14-19-32(6)35-29-40(35)28-33(7)39(11,36(40)34-20-16-21-34)26-22-31(5)27-38(10,13-2)25-17-18-30(3)4/h12,30-36H,1,13-29H2,2-11H3. The predicted octanol–water partition coefficient (Wildman–Crippen LogP) is 13.3. The van der Waals surface area contributed by atoms with Crippen LogP contribution in [0.5, 0.6) is 0 Å². The Labute approximate surface area is 253 Å². The molecule has 3 aliphatic rings. The Hall–Kier alpha value is -0.260. The number of unbranched alkanes of at least 4 members (excludes halogenated alkanes) is 1. The zero-order chi connectivity index (χ0) is 29.8. The summed E-state index contributed by atoms with van der Waals surface area (Å²) in [5.74, 6) is 6.62. The molecule has 0 aliphatic heterocycles. The Balaban J connectivity index is 1.58. The van der Waals surface area contributed by atoms with E-state index in [1.807, 2.05) is 0 Å². The number of hydrogen-bond donors (Lipinski definition) is 0. The topological polar surface area (TPSA) is 0 Å². The van der Waals surface area contributed by atoms with Gasteiger partial charge in [0, 0.05) is 0 Å². The molecule has 0 heterocycles. The smallest absolute Gasteiger partial charge is 0.0225 e.